The topological polar surface area (TPSA) is 66.1 Å². The van der Waals surface area contributed by atoms with E-state index >= 15 is 0 Å². The van der Waals surface area contributed by atoms with Crippen molar-refractivity contribution in [2.75, 3.05) is 38.7 Å². The molecule has 6 nitrogen and oxygen atoms in total. The average Bonchev–Trinajstić information content (AvgIpc) is 3.17. The summed E-state index contributed by atoms with van der Waals surface area (Å²) in [7, 11) is 3.69. The van der Waals surface area contributed by atoms with Crippen LogP contribution in [0, 0.1) is 5.92 Å². The number of ether oxygens (including phenoxy) is 1. The number of rotatable bonds is 5. The average molecular weight is 307 g/mol. The van der Waals surface area contributed by atoms with Gasteiger partial charge >= 0.3 is 0 Å². The number of nitrogens with zero attached hydrogens (tertiary/aromatic N) is 3. The molecule has 2 aromatic heterocycles. The van der Waals surface area contributed by atoms with Gasteiger partial charge < -0.3 is 15.0 Å². The summed E-state index contributed by atoms with van der Waals surface area (Å²) in [6, 6.07) is 1.98. The molecule has 0 spiro atoms. The van der Waals surface area contributed by atoms with Gasteiger partial charge in [0.2, 0.25) is 5.95 Å². The van der Waals surface area contributed by atoms with Crippen LogP contribution in [0.2, 0.25) is 0 Å². The van der Waals surface area contributed by atoms with Crippen molar-refractivity contribution in [2.45, 2.75) is 12.8 Å². The van der Waals surface area contributed by atoms with E-state index in [2.05, 4.69) is 25.4 Å². The highest BCUT2D eigenvalue weighted by Gasteiger charge is 2.21. The van der Waals surface area contributed by atoms with Crippen molar-refractivity contribution >= 4 is 17.3 Å². The number of hydrogen-bond donors (Lipinski definition) is 2. The zero-order chi connectivity index (χ0) is 14.7. The molecule has 0 atom stereocenters. The lowest BCUT2D eigenvalue weighted by atomic mass is 9.97. The standard InChI is InChI=1S/C14H21N5OS/c1-15-8-10-3-5-19(6-4-10)14-16-13(17-18-14)12-7-11(20-2)9-21-12/h7,9-10,15H,3-6,8H2,1-2H3,(H,16,17,18). The summed E-state index contributed by atoms with van der Waals surface area (Å²) >= 11 is 1.61. The molecule has 0 unspecified atom stereocenters. The minimum atomic E-state index is 0.770. The van der Waals surface area contributed by atoms with E-state index in [1.165, 1.54) is 12.8 Å². The maximum atomic E-state index is 5.21. The van der Waals surface area contributed by atoms with Crippen LogP contribution in [0.15, 0.2) is 11.4 Å². The van der Waals surface area contributed by atoms with Crippen LogP contribution in [0.4, 0.5) is 5.95 Å². The van der Waals surface area contributed by atoms with E-state index in [0.717, 1.165) is 48.0 Å². The Morgan fingerprint density at radius 2 is 2.29 bits per heavy atom. The lowest BCUT2D eigenvalue weighted by molar-refractivity contribution is 0.391. The van der Waals surface area contributed by atoms with Crippen LogP contribution in [0.25, 0.3) is 10.7 Å². The molecule has 3 heterocycles. The molecule has 7 heteroatoms. The normalized spacial score (nSPS) is 16.4. The minimum absolute atomic E-state index is 0.770. The fourth-order valence-corrected chi connectivity index (χ4v) is 3.47. The maximum absolute atomic E-state index is 5.21. The Bertz CT molecular complexity index is 573. The number of aromatic nitrogens is 3. The van der Waals surface area contributed by atoms with Crippen LogP contribution in [-0.4, -0.2) is 49.0 Å². The molecule has 0 amide bonds. The van der Waals surface area contributed by atoms with Crippen LogP contribution < -0.4 is 15.0 Å². The molecule has 2 N–H and O–H groups in total. The second-order valence-corrected chi connectivity index (χ2v) is 6.23. The molecule has 1 fully saturated rings. The van der Waals surface area contributed by atoms with Crippen molar-refractivity contribution in [1.82, 2.24) is 20.5 Å². The highest BCUT2D eigenvalue weighted by molar-refractivity contribution is 7.13. The summed E-state index contributed by atoms with van der Waals surface area (Å²) in [5, 5.41) is 12.6. The molecule has 0 aromatic carbocycles. The third kappa shape index (κ3) is 3.19. The van der Waals surface area contributed by atoms with Crippen LogP contribution in [0.3, 0.4) is 0 Å². The first-order valence-electron chi connectivity index (χ1n) is 7.25. The number of piperidine rings is 1. The van der Waals surface area contributed by atoms with Crippen molar-refractivity contribution in [3.05, 3.63) is 11.4 Å². The highest BCUT2D eigenvalue weighted by Crippen LogP contribution is 2.30. The first-order chi connectivity index (χ1) is 10.3. The van der Waals surface area contributed by atoms with Gasteiger partial charge in [0, 0.05) is 24.5 Å². The largest absolute Gasteiger partial charge is 0.496 e. The van der Waals surface area contributed by atoms with E-state index in [-0.39, 0.29) is 0 Å². The number of thiophene rings is 1. The molecular formula is C14H21N5OS. The Kier molecular flexibility index (Phi) is 4.40. The third-order valence-electron chi connectivity index (χ3n) is 3.91. The maximum Gasteiger partial charge on any atom is 0.245 e. The second kappa shape index (κ2) is 6.44. The SMILES string of the molecule is CNCC1CCN(c2n[nH]c(-c3cc(OC)cs3)n2)CC1. The Morgan fingerprint density at radius 1 is 1.48 bits per heavy atom. The fourth-order valence-electron chi connectivity index (χ4n) is 2.68. The van der Waals surface area contributed by atoms with Crippen LogP contribution in [0.1, 0.15) is 12.8 Å². The van der Waals surface area contributed by atoms with Gasteiger partial charge in [-0.25, -0.2) is 0 Å². The Morgan fingerprint density at radius 3 is 2.95 bits per heavy atom. The van der Waals surface area contributed by atoms with Crippen LogP contribution in [0.5, 0.6) is 5.75 Å². The van der Waals surface area contributed by atoms with Crippen molar-refractivity contribution < 1.29 is 4.74 Å². The van der Waals surface area contributed by atoms with Gasteiger partial charge in [0.05, 0.1) is 12.0 Å². The molecule has 1 saturated heterocycles. The molecular weight excluding hydrogens is 286 g/mol. The number of hydrogen-bond acceptors (Lipinski definition) is 6. The Labute approximate surface area is 128 Å². The van der Waals surface area contributed by atoms with Gasteiger partial charge in [-0.1, -0.05) is 0 Å². The van der Waals surface area contributed by atoms with Gasteiger partial charge in [-0.05, 0) is 32.4 Å². The first-order valence-corrected chi connectivity index (χ1v) is 8.13. The second-order valence-electron chi connectivity index (χ2n) is 5.32. The molecule has 0 aliphatic carbocycles. The molecule has 2 aromatic rings. The monoisotopic (exact) mass is 307 g/mol. The molecule has 0 radical (unpaired) electrons. The van der Waals surface area contributed by atoms with E-state index in [9.17, 15) is 0 Å². The minimum Gasteiger partial charge on any atom is -0.496 e. The van der Waals surface area contributed by atoms with Gasteiger partial charge in [-0.15, -0.1) is 16.4 Å². The number of aromatic amines is 1. The van der Waals surface area contributed by atoms with Gasteiger partial charge in [0.25, 0.3) is 0 Å². The smallest absolute Gasteiger partial charge is 0.245 e. The molecule has 1 aliphatic rings. The highest BCUT2D eigenvalue weighted by atomic mass is 32.1. The molecule has 0 bridgehead atoms. The summed E-state index contributed by atoms with van der Waals surface area (Å²) in [4.78, 5) is 7.93. The zero-order valence-corrected chi connectivity index (χ0v) is 13.2. The fraction of sp³-hybridized carbons (Fsp3) is 0.571. The zero-order valence-electron chi connectivity index (χ0n) is 12.4. The van der Waals surface area contributed by atoms with E-state index in [1.54, 1.807) is 18.4 Å². The van der Waals surface area contributed by atoms with Gasteiger partial charge in [-0.2, -0.15) is 4.98 Å². The quantitative estimate of drug-likeness (QED) is 0.884. The third-order valence-corrected chi connectivity index (χ3v) is 4.82. The predicted molar refractivity (Wildman–Crippen MR) is 85.1 cm³/mol. The van der Waals surface area contributed by atoms with Crippen LogP contribution >= 0.6 is 11.3 Å². The molecule has 21 heavy (non-hydrogen) atoms. The summed E-state index contributed by atoms with van der Waals surface area (Å²) in [5.41, 5.74) is 0. The van der Waals surface area contributed by atoms with Gasteiger partial charge in [0.1, 0.15) is 5.75 Å². The molecule has 114 valence electrons. The lowest BCUT2D eigenvalue weighted by Gasteiger charge is -2.30. The van der Waals surface area contributed by atoms with Crippen molar-refractivity contribution in [3.63, 3.8) is 0 Å². The predicted octanol–water partition coefficient (Wildman–Crippen LogP) is 1.98. The van der Waals surface area contributed by atoms with E-state index in [4.69, 9.17) is 4.74 Å². The summed E-state index contributed by atoms with van der Waals surface area (Å²) in [6.07, 6.45) is 2.38. The number of H-pyrrole nitrogens is 1. The van der Waals surface area contributed by atoms with Crippen molar-refractivity contribution in [3.8, 4) is 16.5 Å². The van der Waals surface area contributed by atoms with E-state index in [0.29, 0.717) is 0 Å². The number of methoxy groups -OCH3 is 1. The van der Waals surface area contributed by atoms with Crippen molar-refractivity contribution in [1.29, 1.82) is 0 Å². The van der Waals surface area contributed by atoms with E-state index in [1.807, 2.05) is 18.5 Å². The number of nitrogens with one attached hydrogen (secondary N) is 2. The summed E-state index contributed by atoms with van der Waals surface area (Å²) in [5.74, 6) is 3.25. The van der Waals surface area contributed by atoms with Crippen molar-refractivity contribution in [2.24, 2.45) is 5.92 Å². The summed E-state index contributed by atoms with van der Waals surface area (Å²) in [6.45, 7) is 3.15. The Balaban J connectivity index is 1.65. The van der Waals surface area contributed by atoms with E-state index < -0.39 is 0 Å². The molecule has 0 saturated carbocycles. The molecule has 1 aliphatic heterocycles. The first kappa shape index (κ1) is 14.3. The summed E-state index contributed by atoms with van der Waals surface area (Å²) < 4.78 is 5.21. The number of anilines is 1. The lowest BCUT2D eigenvalue weighted by Crippen LogP contribution is -2.37. The van der Waals surface area contributed by atoms with Gasteiger partial charge in [0.15, 0.2) is 5.82 Å². The van der Waals surface area contributed by atoms with Gasteiger partial charge in [-0.3, -0.25) is 5.10 Å². The van der Waals surface area contributed by atoms with Crippen LogP contribution in [-0.2, 0) is 0 Å². The Hall–Kier alpha value is -1.60. The molecule has 3 rings (SSSR count).